The molecule has 0 fully saturated rings. The molecule has 0 bridgehead atoms. The van der Waals surface area contributed by atoms with Crippen molar-refractivity contribution in [2.45, 2.75) is 19.4 Å². The molecule has 110 valence electrons. The van der Waals surface area contributed by atoms with Gasteiger partial charge < -0.3 is 9.84 Å². The van der Waals surface area contributed by atoms with Crippen LogP contribution in [-0.2, 0) is 6.42 Å². The zero-order chi connectivity index (χ0) is 15.2. The maximum Gasteiger partial charge on any atom is 0.202 e. The highest BCUT2D eigenvalue weighted by Crippen LogP contribution is 2.16. The van der Waals surface area contributed by atoms with E-state index in [2.05, 4.69) is 0 Å². The molecular weight excluding hydrogens is 271 g/mol. The van der Waals surface area contributed by atoms with Crippen LogP contribution in [0.5, 0.6) is 5.75 Å². The standard InChI is InChI=1S/C17H17FO3/c1-12(17(20)14-4-6-15(18)7-5-14)21-16-8-2-13(3-9-16)10-11-19/h2-9,12,19H,10-11H2,1H3. The SMILES string of the molecule is CC(Oc1ccc(CCO)cc1)C(=O)c1ccc(F)cc1. The number of hydrogen-bond donors (Lipinski definition) is 1. The first-order valence-corrected chi connectivity index (χ1v) is 6.76. The van der Waals surface area contributed by atoms with Crippen molar-refractivity contribution >= 4 is 5.78 Å². The Labute approximate surface area is 123 Å². The number of benzene rings is 2. The van der Waals surface area contributed by atoms with E-state index in [-0.39, 0.29) is 18.2 Å². The molecule has 0 aliphatic carbocycles. The van der Waals surface area contributed by atoms with Gasteiger partial charge in [0.2, 0.25) is 5.78 Å². The first kappa shape index (κ1) is 15.2. The number of ketones is 1. The van der Waals surface area contributed by atoms with Crippen LogP contribution in [0.2, 0.25) is 0 Å². The Morgan fingerprint density at radius 2 is 1.76 bits per heavy atom. The third kappa shape index (κ3) is 4.13. The summed E-state index contributed by atoms with van der Waals surface area (Å²) in [6, 6.07) is 12.6. The number of carbonyl (C=O) groups excluding carboxylic acids is 1. The van der Waals surface area contributed by atoms with E-state index >= 15 is 0 Å². The van der Waals surface area contributed by atoms with E-state index in [0.717, 1.165) is 5.56 Å². The molecule has 1 atom stereocenters. The highest BCUT2D eigenvalue weighted by Gasteiger charge is 2.16. The Kier molecular flexibility index (Phi) is 5.06. The van der Waals surface area contributed by atoms with Crippen LogP contribution in [0.3, 0.4) is 0 Å². The van der Waals surface area contributed by atoms with Crippen LogP contribution in [0.4, 0.5) is 4.39 Å². The summed E-state index contributed by atoms with van der Waals surface area (Å²) in [7, 11) is 0. The van der Waals surface area contributed by atoms with Gasteiger partial charge in [-0.25, -0.2) is 4.39 Å². The number of carbonyl (C=O) groups is 1. The van der Waals surface area contributed by atoms with Crippen molar-refractivity contribution in [3.05, 3.63) is 65.5 Å². The fourth-order valence-electron chi connectivity index (χ4n) is 1.97. The minimum absolute atomic E-state index is 0.0969. The Bertz CT molecular complexity index is 590. The van der Waals surface area contributed by atoms with Gasteiger partial charge in [0, 0.05) is 12.2 Å². The molecule has 2 aromatic carbocycles. The van der Waals surface area contributed by atoms with Crippen molar-refractivity contribution in [2.24, 2.45) is 0 Å². The normalized spacial score (nSPS) is 12.0. The summed E-state index contributed by atoms with van der Waals surface area (Å²) in [5.41, 5.74) is 1.42. The molecule has 1 N–H and O–H groups in total. The summed E-state index contributed by atoms with van der Waals surface area (Å²) in [5, 5.41) is 8.85. The topological polar surface area (TPSA) is 46.5 Å². The lowest BCUT2D eigenvalue weighted by molar-refractivity contribution is 0.0818. The van der Waals surface area contributed by atoms with Gasteiger partial charge >= 0.3 is 0 Å². The summed E-state index contributed by atoms with van der Waals surface area (Å²) < 4.78 is 18.4. The highest BCUT2D eigenvalue weighted by atomic mass is 19.1. The first-order chi connectivity index (χ1) is 10.1. The average molecular weight is 288 g/mol. The fraction of sp³-hybridized carbons (Fsp3) is 0.235. The predicted molar refractivity (Wildman–Crippen MR) is 78.1 cm³/mol. The van der Waals surface area contributed by atoms with Crippen molar-refractivity contribution in [1.29, 1.82) is 0 Å². The lowest BCUT2D eigenvalue weighted by Gasteiger charge is -2.14. The van der Waals surface area contributed by atoms with Crippen LogP contribution >= 0.6 is 0 Å². The summed E-state index contributed by atoms with van der Waals surface area (Å²) in [6.07, 6.45) is -0.0659. The van der Waals surface area contributed by atoms with E-state index in [1.807, 2.05) is 12.1 Å². The van der Waals surface area contributed by atoms with Crippen molar-refractivity contribution in [3.63, 3.8) is 0 Å². The molecule has 0 saturated heterocycles. The maximum atomic E-state index is 12.8. The summed E-state index contributed by atoms with van der Waals surface area (Å²) in [5.74, 6) is 0.00804. The number of aliphatic hydroxyl groups excluding tert-OH is 1. The van der Waals surface area contributed by atoms with Gasteiger partial charge in [0.25, 0.3) is 0 Å². The zero-order valence-electron chi connectivity index (χ0n) is 11.8. The number of ether oxygens (including phenoxy) is 1. The molecule has 3 nitrogen and oxygen atoms in total. The van der Waals surface area contributed by atoms with Gasteiger partial charge in [-0.2, -0.15) is 0 Å². The Morgan fingerprint density at radius 1 is 1.14 bits per heavy atom. The van der Waals surface area contributed by atoms with E-state index in [4.69, 9.17) is 9.84 Å². The first-order valence-electron chi connectivity index (χ1n) is 6.76. The largest absolute Gasteiger partial charge is 0.483 e. The van der Waals surface area contributed by atoms with Gasteiger partial charge in [-0.15, -0.1) is 0 Å². The molecule has 0 aliphatic rings. The van der Waals surface area contributed by atoms with Gasteiger partial charge in [-0.1, -0.05) is 12.1 Å². The summed E-state index contributed by atoms with van der Waals surface area (Å²) in [4.78, 5) is 12.1. The zero-order valence-corrected chi connectivity index (χ0v) is 11.8. The molecule has 2 rings (SSSR count). The molecule has 0 spiro atoms. The van der Waals surface area contributed by atoms with Crippen molar-refractivity contribution in [2.75, 3.05) is 6.61 Å². The van der Waals surface area contributed by atoms with Gasteiger partial charge in [-0.3, -0.25) is 4.79 Å². The minimum Gasteiger partial charge on any atom is -0.483 e. The molecule has 0 amide bonds. The predicted octanol–water partition coefficient (Wildman–Crippen LogP) is 3.01. The maximum absolute atomic E-state index is 12.8. The Hall–Kier alpha value is -2.20. The summed E-state index contributed by atoms with van der Waals surface area (Å²) >= 11 is 0. The van der Waals surface area contributed by atoms with Crippen molar-refractivity contribution in [1.82, 2.24) is 0 Å². The van der Waals surface area contributed by atoms with Gasteiger partial charge in [0.1, 0.15) is 11.6 Å². The molecule has 0 heterocycles. The third-order valence-corrected chi connectivity index (χ3v) is 3.13. The van der Waals surface area contributed by atoms with E-state index in [1.165, 1.54) is 24.3 Å². The van der Waals surface area contributed by atoms with Crippen LogP contribution in [0.15, 0.2) is 48.5 Å². The second kappa shape index (κ2) is 6.99. The van der Waals surface area contributed by atoms with Crippen LogP contribution < -0.4 is 4.74 Å². The van der Waals surface area contributed by atoms with Gasteiger partial charge in [0.15, 0.2) is 6.10 Å². The van der Waals surface area contributed by atoms with Crippen LogP contribution in [0.1, 0.15) is 22.8 Å². The van der Waals surface area contributed by atoms with Crippen molar-refractivity contribution < 1.29 is 19.0 Å². The number of Topliss-reactive ketones (excluding diaryl/α,β-unsaturated/α-hetero) is 1. The molecule has 1 unspecified atom stereocenters. The average Bonchev–Trinajstić information content (AvgIpc) is 2.49. The van der Waals surface area contributed by atoms with Crippen LogP contribution in [-0.4, -0.2) is 23.6 Å². The van der Waals surface area contributed by atoms with Crippen LogP contribution in [0.25, 0.3) is 0 Å². The second-order valence-corrected chi connectivity index (χ2v) is 4.75. The molecule has 0 aliphatic heterocycles. The molecule has 0 radical (unpaired) electrons. The lowest BCUT2D eigenvalue weighted by Crippen LogP contribution is -2.23. The second-order valence-electron chi connectivity index (χ2n) is 4.75. The quantitative estimate of drug-likeness (QED) is 0.831. The molecule has 21 heavy (non-hydrogen) atoms. The number of aliphatic hydroxyl groups is 1. The van der Waals surface area contributed by atoms with E-state index in [9.17, 15) is 9.18 Å². The smallest absolute Gasteiger partial charge is 0.202 e. The van der Waals surface area contributed by atoms with Gasteiger partial charge in [-0.05, 0) is 55.3 Å². The van der Waals surface area contributed by atoms with E-state index in [1.54, 1.807) is 19.1 Å². The lowest BCUT2D eigenvalue weighted by atomic mass is 10.1. The van der Waals surface area contributed by atoms with Gasteiger partial charge in [0.05, 0.1) is 0 Å². The molecule has 2 aromatic rings. The fourth-order valence-corrected chi connectivity index (χ4v) is 1.97. The van der Waals surface area contributed by atoms with Crippen LogP contribution in [0, 0.1) is 5.82 Å². The highest BCUT2D eigenvalue weighted by molar-refractivity contribution is 5.99. The molecule has 0 saturated carbocycles. The van der Waals surface area contributed by atoms with E-state index in [0.29, 0.717) is 17.7 Å². The Balaban J connectivity index is 2.01. The molecule has 4 heteroatoms. The number of halogens is 1. The van der Waals surface area contributed by atoms with E-state index < -0.39 is 6.10 Å². The van der Waals surface area contributed by atoms with Crippen molar-refractivity contribution in [3.8, 4) is 5.75 Å². The number of rotatable bonds is 6. The number of hydrogen-bond acceptors (Lipinski definition) is 3. The minimum atomic E-state index is -0.654. The monoisotopic (exact) mass is 288 g/mol. The molecular formula is C17H17FO3. The summed E-state index contributed by atoms with van der Waals surface area (Å²) in [6.45, 7) is 1.76. The Morgan fingerprint density at radius 3 is 2.33 bits per heavy atom. The third-order valence-electron chi connectivity index (χ3n) is 3.13. The molecule has 0 aromatic heterocycles.